The molecule has 0 bridgehead atoms. The van der Waals surface area contributed by atoms with Crippen LogP contribution in [0.25, 0.3) is 0 Å². The second-order valence-corrected chi connectivity index (χ2v) is 5.10. The van der Waals surface area contributed by atoms with E-state index < -0.39 is 0 Å². The quantitative estimate of drug-likeness (QED) is 0.523. The van der Waals surface area contributed by atoms with E-state index in [-0.39, 0.29) is 0 Å². The van der Waals surface area contributed by atoms with Crippen molar-refractivity contribution in [1.29, 1.82) is 0 Å². The number of ether oxygens (including phenoxy) is 1. The molecule has 1 atom stereocenters. The third-order valence-corrected chi connectivity index (χ3v) is 3.69. The number of hydrogen-bond acceptors (Lipinski definition) is 2. The number of rotatable bonds is 12. The SMILES string of the molecule is CCCCC(CC)(CCOCCC)CNCC. The molecular formula is C15H33NO. The average molecular weight is 243 g/mol. The zero-order valence-corrected chi connectivity index (χ0v) is 12.5. The molecule has 104 valence electrons. The monoisotopic (exact) mass is 243 g/mol. The maximum atomic E-state index is 5.67. The molecular weight excluding hydrogens is 210 g/mol. The molecule has 0 amide bonds. The zero-order chi connectivity index (χ0) is 13.0. The van der Waals surface area contributed by atoms with Gasteiger partial charge in [-0.1, -0.05) is 40.5 Å². The molecule has 0 saturated carbocycles. The minimum atomic E-state index is 0.458. The summed E-state index contributed by atoms with van der Waals surface area (Å²) in [6, 6.07) is 0. The van der Waals surface area contributed by atoms with Crippen LogP contribution in [0.1, 0.15) is 66.2 Å². The highest BCUT2D eigenvalue weighted by Gasteiger charge is 2.26. The summed E-state index contributed by atoms with van der Waals surface area (Å²) in [5.41, 5.74) is 0.458. The van der Waals surface area contributed by atoms with Crippen LogP contribution in [-0.2, 0) is 4.74 Å². The molecule has 0 aromatic rings. The predicted molar refractivity (Wildman–Crippen MR) is 76.5 cm³/mol. The van der Waals surface area contributed by atoms with E-state index in [1.54, 1.807) is 0 Å². The van der Waals surface area contributed by atoms with Gasteiger partial charge in [0.1, 0.15) is 0 Å². The van der Waals surface area contributed by atoms with Crippen molar-refractivity contribution < 1.29 is 4.74 Å². The van der Waals surface area contributed by atoms with E-state index in [1.165, 1.54) is 32.1 Å². The molecule has 0 saturated heterocycles. The Kier molecular flexibility index (Phi) is 11.0. The van der Waals surface area contributed by atoms with Crippen LogP contribution >= 0.6 is 0 Å². The number of hydrogen-bond donors (Lipinski definition) is 1. The Bertz CT molecular complexity index is 151. The molecule has 0 aliphatic carbocycles. The predicted octanol–water partition coefficient (Wildman–Crippen LogP) is 4.00. The van der Waals surface area contributed by atoms with Gasteiger partial charge in [-0.2, -0.15) is 0 Å². The molecule has 0 heterocycles. The van der Waals surface area contributed by atoms with Crippen LogP contribution in [0.15, 0.2) is 0 Å². The summed E-state index contributed by atoms with van der Waals surface area (Å²) in [4.78, 5) is 0. The second-order valence-electron chi connectivity index (χ2n) is 5.10. The van der Waals surface area contributed by atoms with Crippen molar-refractivity contribution in [2.45, 2.75) is 66.2 Å². The molecule has 17 heavy (non-hydrogen) atoms. The highest BCUT2D eigenvalue weighted by atomic mass is 16.5. The fraction of sp³-hybridized carbons (Fsp3) is 1.00. The molecule has 2 heteroatoms. The van der Waals surface area contributed by atoms with Crippen molar-refractivity contribution in [2.75, 3.05) is 26.3 Å². The lowest BCUT2D eigenvalue weighted by molar-refractivity contribution is 0.0853. The first-order valence-corrected chi connectivity index (χ1v) is 7.53. The van der Waals surface area contributed by atoms with Crippen LogP contribution in [0.5, 0.6) is 0 Å². The van der Waals surface area contributed by atoms with Gasteiger partial charge in [-0.15, -0.1) is 0 Å². The zero-order valence-electron chi connectivity index (χ0n) is 12.5. The van der Waals surface area contributed by atoms with E-state index >= 15 is 0 Å². The smallest absolute Gasteiger partial charge is 0.0471 e. The van der Waals surface area contributed by atoms with E-state index in [0.717, 1.165) is 32.7 Å². The molecule has 0 aliphatic heterocycles. The molecule has 0 aromatic carbocycles. The lowest BCUT2D eigenvalue weighted by Gasteiger charge is -2.33. The van der Waals surface area contributed by atoms with E-state index in [1.807, 2.05) is 0 Å². The summed E-state index contributed by atoms with van der Waals surface area (Å²) in [6.07, 6.45) is 7.56. The Labute approximate surface area is 109 Å². The highest BCUT2D eigenvalue weighted by Crippen LogP contribution is 2.32. The van der Waals surface area contributed by atoms with Gasteiger partial charge in [-0.3, -0.25) is 0 Å². The molecule has 0 spiro atoms. The van der Waals surface area contributed by atoms with Gasteiger partial charge >= 0.3 is 0 Å². The van der Waals surface area contributed by atoms with Crippen molar-refractivity contribution in [2.24, 2.45) is 5.41 Å². The van der Waals surface area contributed by atoms with Gasteiger partial charge in [-0.25, -0.2) is 0 Å². The lowest BCUT2D eigenvalue weighted by Crippen LogP contribution is -2.35. The Morgan fingerprint density at radius 2 is 1.71 bits per heavy atom. The van der Waals surface area contributed by atoms with Crippen LogP contribution < -0.4 is 5.32 Å². The van der Waals surface area contributed by atoms with Crippen LogP contribution in [-0.4, -0.2) is 26.3 Å². The summed E-state index contributed by atoms with van der Waals surface area (Å²) in [7, 11) is 0. The van der Waals surface area contributed by atoms with Gasteiger partial charge in [0.15, 0.2) is 0 Å². The second kappa shape index (κ2) is 11.0. The van der Waals surface area contributed by atoms with Crippen LogP contribution in [0.2, 0.25) is 0 Å². The third kappa shape index (κ3) is 7.77. The van der Waals surface area contributed by atoms with Crippen molar-refractivity contribution in [3.63, 3.8) is 0 Å². The molecule has 2 nitrogen and oxygen atoms in total. The first-order chi connectivity index (χ1) is 8.24. The van der Waals surface area contributed by atoms with E-state index in [9.17, 15) is 0 Å². The summed E-state index contributed by atoms with van der Waals surface area (Å²) in [5.74, 6) is 0. The van der Waals surface area contributed by atoms with E-state index in [2.05, 4.69) is 33.0 Å². The third-order valence-electron chi connectivity index (χ3n) is 3.69. The first kappa shape index (κ1) is 16.9. The highest BCUT2D eigenvalue weighted by molar-refractivity contribution is 4.80. The number of nitrogens with one attached hydrogen (secondary N) is 1. The summed E-state index contributed by atoms with van der Waals surface area (Å²) >= 11 is 0. The van der Waals surface area contributed by atoms with Gasteiger partial charge < -0.3 is 10.1 Å². The summed E-state index contributed by atoms with van der Waals surface area (Å²) in [5, 5.41) is 3.53. The fourth-order valence-electron chi connectivity index (χ4n) is 2.26. The Balaban J connectivity index is 4.12. The van der Waals surface area contributed by atoms with Gasteiger partial charge in [-0.05, 0) is 37.6 Å². The molecule has 0 aliphatic rings. The average Bonchev–Trinajstić information content (AvgIpc) is 2.37. The van der Waals surface area contributed by atoms with Crippen molar-refractivity contribution in [3.05, 3.63) is 0 Å². The summed E-state index contributed by atoms with van der Waals surface area (Å²) in [6.45, 7) is 13.0. The molecule has 0 fully saturated rings. The molecule has 0 rings (SSSR count). The van der Waals surface area contributed by atoms with Crippen LogP contribution in [0.4, 0.5) is 0 Å². The molecule has 0 radical (unpaired) electrons. The van der Waals surface area contributed by atoms with Gasteiger partial charge in [0, 0.05) is 19.8 Å². The minimum absolute atomic E-state index is 0.458. The Hall–Kier alpha value is -0.0800. The van der Waals surface area contributed by atoms with Crippen LogP contribution in [0, 0.1) is 5.41 Å². The fourth-order valence-corrected chi connectivity index (χ4v) is 2.26. The van der Waals surface area contributed by atoms with E-state index in [4.69, 9.17) is 4.74 Å². The number of unbranched alkanes of at least 4 members (excludes halogenated alkanes) is 1. The minimum Gasteiger partial charge on any atom is -0.381 e. The Morgan fingerprint density at radius 1 is 0.941 bits per heavy atom. The van der Waals surface area contributed by atoms with Crippen LogP contribution in [0.3, 0.4) is 0 Å². The largest absolute Gasteiger partial charge is 0.381 e. The topological polar surface area (TPSA) is 21.3 Å². The van der Waals surface area contributed by atoms with Gasteiger partial charge in [0.2, 0.25) is 0 Å². The maximum Gasteiger partial charge on any atom is 0.0471 e. The van der Waals surface area contributed by atoms with Crippen molar-refractivity contribution >= 4 is 0 Å². The van der Waals surface area contributed by atoms with Crippen molar-refractivity contribution in [3.8, 4) is 0 Å². The van der Waals surface area contributed by atoms with Gasteiger partial charge in [0.25, 0.3) is 0 Å². The first-order valence-electron chi connectivity index (χ1n) is 7.53. The summed E-state index contributed by atoms with van der Waals surface area (Å²) < 4.78 is 5.67. The standard InChI is InChI=1S/C15H33NO/c1-5-9-10-15(7-3,14-16-8-4)11-13-17-12-6-2/h16H,5-14H2,1-4H3. The Morgan fingerprint density at radius 3 is 2.24 bits per heavy atom. The molecule has 0 aromatic heterocycles. The molecule has 1 N–H and O–H groups in total. The van der Waals surface area contributed by atoms with Gasteiger partial charge in [0.05, 0.1) is 0 Å². The molecule has 1 unspecified atom stereocenters. The van der Waals surface area contributed by atoms with Crippen molar-refractivity contribution in [1.82, 2.24) is 5.32 Å². The normalized spacial score (nSPS) is 14.8. The van der Waals surface area contributed by atoms with E-state index in [0.29, 0.717) is 5.41 Å². The lowest BCUT2D eigenvalue weighted by atomic mass is 9.77. The maximum absolute atomic E-state index is 5.67.